The van der Waals surface area contributed by atoms with Crippen molar-refractivity contribution in [3.8, 4) is 0 Å². The lowest BCUT2D eigenvalue weighted by atomic mass is 10.1. The number of carbonyl (C=O) groups excluding carboxylic acids is 2. The van der Waals surface area contributed by atoms with Gasteiger partial charge in [0, 0.05) is 21.8 Å². The number of benzene rings is 3. The summed E-state index contributed by atoms with van der Waals surface area (Å²) >= 11 is 6.08. The normalized spacial score (nSPS) is 10.7. The number of ketones is 1. The van der Waals surface area contributed by atoms with Crippen LogP contribution in [-0.2, 0) is 0 Å². The van der Waals surface area contributed by atoms with Gasteiger partial charge in [0.15, 0.2) is 5.78 Å². The lowest BCUT2D eigenvalue weighted by Crippen LogP contribution is -2.12. The van der Waals surface area contributed by atoms with E-state index in [9.17, 15) is 9.59 Å². The summed E-state index contributed by atoms with van der Waals surface area (Å²) in [5.41, 5.74) is 3.57. The predicted octanol–water partition coefficient (Wildman–Crippen LogP) is 5.80. The number of allylic oxidation sites excluding steroid dienone is 1. The first-order chi connectivity index (χ1) is 13.0. The van der Waals surface area contributed by atoms with Crippen molar-refractivity contribution in [3.63, 3.8) is 0 Å². The smallest absolute Gasteiger partial charge is 0.255 e. The highest BCUT2D eigenvalue weighted by Gasteiger charge is 2.07. The molecule has 3 aromatic rings. The van der Waals surface area contributed by atoms with Gasteiger partial charge in [-0.15, -0.1) is 0 Å². The van der Waals surface area contributed by atoms with Gasteiger partial charge < -0.3 is 5.32 Å². The van der Waals surface area contributed by atoms with Gasteiger partial charge in [0.25, 0.3) is 5.91 Å². The standard InChI is InChI=1S/C23H18ClNO2/c1-16-5-4-7-19(15-16)23(27)25-20-12-9-18(10-13-20)22(26)14-11-17-6-2-3-8-21(17)24/h2-15H,1H3,(H,25,27). The Kier molecular flexibility index (Phi) is 5.84. The van der Waals surface area contributed by atoms with Crippen molar-refractivity contribution < 1.29 is 9.59 Å². The summed E-state index contributed by atoms with van der Waals surface area (Å²) < 4.78 is 0. The molecule has 3 aromatic carbocycles. The Hall–Kier alpha value is -3.17. The summed E-state index contributed by atoms with van der Waals surface area (Å²) in [6, 6.07) is 21.5. The van der Waals surface area contributed by atoms with Crippen molar-refractivity contribution in [3.05, 3.63) is 106 Å². The molecular weight excluding hydrogens is 358 g/mol. The zero-order valence-electron chi connectivity index (χ0n) is 14.8. The van der Waals surface area contributed by atoms with E-state index in [-0.39, 0.29) is 11.7 Å². The number of carbonyl (C=O) groups is 2. The maximum absolute atomic E-state index is 12.3. The van der Waals surface area contributed by atoms with Gasteiger partial charge in [-0.25, -0.2) is 0 Å². The molecule has 4 heteroatoms. The van der Waals surface area contributed by atoms with E-state index in [1.54, 1.807) is 42.5 Å². The number of rotatable bonds is 5. The molecule has 0 spiro atoms. The molecule has 1 N–H and O–H groups in total. The molecular formula is C23H18ClNO2. The van der Waals surface area contributed by atoms with Crippen LogP contribution >= 0.6 is 11.6 Å². The maximum atomic E-state index is 12.3. The molecule has 0 saturated carbocycles. The highest BCUT2D eigenvalue weighted by Crippen LogP contribution is 2.17. The molecule has 3 nitrogen and oxygen atoms in total. The molecule has 27 heavy (non-hydrogen) atoms. The van der Waals surface area contributed by atoms with Crippen LogP contribution in [0.3, 0.4) is 0 Å². The number of amides is 1. The molecule has 0 unspecified atom stereocenters. The summed E-state index contributed by atoms with van der Waals surface area (Å²) in [5, 5.41) is 3.42. The minimum atomic E-state index is -0.184. The Morgan fingerprint density at radius 2 is 1.63 bits per heavy atom. The molecule has 0 aliphatic carbocycles. The van der Waals surface area contributed by atoms with Crippen molar-refractivity contribution >= 4 is 35.1 Å². The van der Waals surface area contributed by atoms with Crippen LogP contribution in [0.1, 0.15) is 31.8 Å². The fourth-order valence-electron chi connectivity index (χ4n) is 2.58. The number of nitrogens with one attached hydrogen (secondary N) is 1. The molecule has 0 bridgehead atoms. The van der Waals surface area contributed by atoms with Gasteiger partial charge in [0.1, 0.15) is 0 Å². The second-order valence-corrected chi connectivity index (χ2v) is 6.53. The van der Waals surface area contributed by atoms with Gasteiger partial charge in [-0.1, -0.05) is 47.5 Å². The fraction of sp³-hybridized carbons (Fsp3) is 0.0435. The van der Waals surface area contributed by atoms with Crippen LogP contribution in [0.15, 0.2) is 78.9 Å². The molecule has 0 saturated heterocycles. The lowest BCUT2D eigenvalue weighted by molar-refractivity contribution is 0.102. The first kappa shape index (κ1) is 18.6. The van der Waals surface area contributed by atoms with Crippen LogP contribution in [0.25, 0.3) is 6.08 Å². The molecule has 0 aliphatic rings. The van der Waals surface area contributed by atoms with Crippen LogP contribution in [0.5, 0.6) is 0 Å². The van der Waals surface area contributed by atoms with Crippen LogP contribution in [0.2, 0.25) is 5.02 Å². The Labute approximate surface area is 163 Å². The molecule has 0 atom stereocenters. The second kappa shape index (κ2) is 8.47. The Bertz CT molecular complexity index is 1010. The minimum Gasteiger partial charge on any atom is -0.322 e. The zero-order valence-corrected chi connectivity index (χ0v) is 15.5. The van der Waals surface area contributed by atoms with E-state index < -0.39 is 0 Å². The first-order valence-corrected chi connectivity index (χ1v) is 8.86. The van der Waals surface area contributed by atoms with Crippen LogP contribution in [0, 0.1) is 6.92 Å². The summed E-state index contributed by atoms with van der Waals surface area (Å²) in [4.78, 5) is 24.6. The SMILES string of the molecule is Cc1cccc(C(=O)Nc2ccc(C(=O)C=Cc3ccccc3Cl)cc2)c1. The van der Waals surface area contributed by atoms with Gasteiger partial charge >= 0.3 is 0 Å². The third kappa shape index (κ3) is 4.93. The van der Waals surface area contributed by atoms with Gasteiger partial charge in [-0.2, -0.15) is 0 Å². The van der Waals surface area contributed by atoms with E-state index in [1.807, 2.05) is 43.3 Å². The van der Waals surface area contributed by atoms with Crippen molar-refractivity contribution in [1.82, 2.24) is 0 Å². The lowest BCUT2D eigenvalue weighted by Gasteiger charge is -2.06. The summed E-state index contributed by atoms with van der Waals surface area (Å²) in [5.74, 6) is -0.317. The monoisotopic (exact) mass is 375 g/mol. The van der Waals surface area contributed by atoms with Crippen LogP contribution in [0.4, 0.5) is 5.69 Å². The average molecular weight is 376 g/mol. The topological polar surface area (TPSA) is 46.2 Å². The van der Waals surface area contributed by atoms with Gasteiger partial charge in [-0.3, -0.25) is 9.59 Å². The third-order valence-electron chi connectivity index (χ3n) is 4.03. The Morgan fingerprint density at radius 3 is 2.33 bits per heavy atom. The minimum absolute atomic E-state index is 0.133. The van der Waals surface area contributed by atoms with E-state index in [1.165, 1.54) is 6.08 Å². The first-order valence-electron chi connectivity index (χ1n) is 8.48. The number of anilines is 1. The van der Waals surface area contributed by atoms with E-state index in [0.717, 1.165) is 11.1 Å². The third-order valence-corrected chi connectivity index (χ3v) is 4.37. The molecule has 0 aromatic heterocycles. The highest BCUT2D eigenvalue weighted by atomic mass is 35.5. The average Bonchev–Trinajstić information content (AvgIpc) is 2.67. The van der Waals surface area contributed by atoms with Gasteiger partial charge in [0.05, 0.1) is 0 Å². The van der Waals surface area contributed by atoms with E-state index >= 15 is 0 Å². The molecule has 0 aliphatic heterocycles. The summed E-state index contributed by atoms with van der Waals surface area (Å²) in [6.45, 7) is 1.94. The van der Waals surface area contributed by atoms with Crippen molar-refractivity contribution in [1.29, 1.82) is 0 Å². The molecule has 3 rings (SSSR count). The maximum Gasteiger partial charge on any atom is 0.255 e. The molecule has 0 radical (unpaired) electrons. The second-order valence-electron chi connectivity index (χ2n) is 6.12. The van der Waals surface area contributed by atoms with E-state index in [2.05, 4.69) is 5.32 Å². The van der Waals surface area contributed by atoms with Gasteiger partial charge in [0.2, 0.25) is 0 Å². The van der Waals surface area contributed by atoms with E-state index in [0.29, 0.717) is 21.8 Å². The van der Waals surface area contributed by atoms with E-state index in [4.69, 9.17) is 11.6 Å². The fourth-order valence-corrected chi connectivity index (χ4v) is 2.78. The summed E-state index contributed by atoms with van der Waals surface area (Å²) in [7, 11) is 0. The number of hydrogen-bond acceptors (Lipinski definition) is 2. The highest BCUT2D eigenvalue weighted by molar-refractivity contribution is 6.32. The van der Waals surface area contributed by atoms with Crippen molar-refractivity contribution in [2.45, 2.75) is 6.92 Å². The van der Waals surface area contributed by atoms with Crippen LogP contribution < -0.4 is 5.32 Å². The van der Waals surface area contributed by atoms with Crippen molar-refractivity contribution in [2.75, 3.05) is 5.32 Å². The Morgan fingerprint density at radius 1 is 0.889 bits per heavy atom. The number of aryl methyl sites for hydroxylation is 1. The molecule has 134 valence electrons. The molecule has 0 heterocycles. The predicted molar refractivity (Wildman–Crippen MR) is 110 cm³/mol. The zero-order chi connectivity index (χ0) is 19.2. The van der Waals surface area contributed by atoms with Crippen molar-refractivity contribution in [2.24, 2.45) is 0 Å². The summed E-state index contributed by atoms with van der Waals surface area (Å²) in [6.07, 6.45) is 3.18. The Balaban J connectivity index is 1.67. The van der Waals surface area contributed by atoms with Gasteiger partial charge in [-0.05, 0) is 67.1 Å². The molecule has 0 fully saturated rings. The molecule has 1 amide bonds. The largest absolute Gasteiger partial charge is 0.322 e. The number of halogens is 1. The number of hydrogen-bond donors (Lipinski definition) is 1. The van der Waals surface area contributed by atoms with Crippen LogP contribution in [-0.4, -0.2) is 11.7 Å². The quantitative estimate of drug-likeness (QED) is 0.452.